The van der Waals surface area contributed by atoms with Crippen molar-refractivity contribution in [1.82, 2.24) is 14.5 Å². The van der Waals surface area contributed by atoms with Crippen molar-refractivity contribution in [3.63, 3.8) is 0 Å². The Morgan fingerprint density at radius 2 is 1.04 bits per heavy atom. The molecule has 9 aromatic rings. The summed E-state index contributed by atoms with van der Waals surface area (Å²) in [6.45, 7) is 25.5. The van der Waals surface area contributed by atoms with Crippen molar-refractivity contribution < 1.29 is 18.8 Å². The van der Waals surface area contributed by atoms with Gasteiger partial charge in [0.25, 0.3) is 0 Å². The molecule has 4 nitrogen and oxygen atoms in total. The number of para-hydroxylation sites is 1. The Bertz CT molecular complexity index is 3850. The number of hydrogen-bond acceptors (Lipinski definition) is 3. The molecular weight excluding hydrogens is 827 g/mol. The lowest BCUT2D eigenvalue weighted by atomic mass is 9.79. The minimum Gasteiger partial charge on any atom is -0.507 e. The van der Waals surface area contributed by atoms with Gasteiger partial charge in [-0.05, 0) is 120 Å². The molecule has 2 aromatic heterocycles. The minimum atomic E-state index is -0.595. The maximum atomic E-state index is 12.7. The summed E-state index contributed by atoms with van der Waals surface area (Å²) in [5.41, 5.74) is 9.67. The number of aromatic nitrogens is 3. The van der Waals surface area contributed by atoms with E-state index in [1.165, 1.54) is 11.6 Å². The van der Waals surface area contributed by atoms with Crippen molar-refractivity contribution >= 4 is 11.0 Å². The normalized spacial score (nSPS) is 14.5. The highest BCUT2D eigenvalue weighted by atomic mass is 16.3. The topological polar surface area (TPSA) is 50.9 Å². The third-order valence-corrected chi connectivity index (χ3v) is 12.8. The van der Waals surface area contributed by atoms with Crippen LogP contribution >= 0.6 is 0 Å². The molecule has 0 saturated heterocycles. The molecular formula is C64H65N3O. The number of fused-ring (bicyclic) bond motifs is 1. The molecule has 4 heteroatoms. The van der Waals surface area contributed by atoms with Crippen LogP contribution in [0.15, 0.2) is 170 Å². The highest BCUT2D eigenvalue weighted by Gasteiger charge is 2.30. The molecule has 7 aromatic carbocycles. The van der Waals surface area contributed by atoms with Crippen LogP contribution in [0.25, 0.3) is 83.9 Å². The van der Waals surface area contributed by atoms with Crippen LogP contribution in [0.2, 0.25) is 0 Å². The zero-order valence-electron chi connectivity index (χ0n) is 51.2. The highest BCUT2D eigenvalue weighted by molar-refractivity contribution is 5.98. The first-order valence-corrected chi connectivity index (χ1v) is 23.2. The standard InChI is InChI=1S/C64H65N3O/c1-61(2,3)48-29-26-42(27-30-48)45-32-33-65-55(38-45)47-34-46(35-49(36-47)62(4,5)6)51-24-19-25-57-58(51)66-60(53-39-50(63(7,8)9)40-54(59(53)68)64(10,11)12)67(57)56-31-28-44(41-20-15-13-16-21-41)37-52(56)43-22-17-14-18-23-43/h13-40,68H,1-12H3/i13D,14D,15D,16D,17D,18D,20D,21D,22D,23D. The number of rotatable bonds is 7. The molecule has 2 heterocycles. The van der Waals surface area contributed by atoms with Gasteiger partial charge in [0.05, 0.1) is 41.7 Å². The SMILES string of the molecule is [2H]c1c([2H])c([2H])c(-c2ccc(-n3c(-c4cc(C(C)(C)C)cc(C(C)(C)C)c4O)nc4c(-c5cc(-c6cc(-c7ccc(C(C)(C)C)cc7)ccn6)cc(C(C)(C)C)c5)cccc43)c(-c3c([2H])c([2H])c([2H])c([2H])c3[2H])c2)c([2H])c1[2H]. The minimum absolute atomic E-state index is 0.00606. The third kappa shape index (κ3) is 9.05. The zero-order chi connectivity index (χ0) is 57.0. The first kappa shape index (κ1) is 35.2. The van der Waals surface area contributed by atoms with Crippen molar-refractivity contribution in [3.05, 3.63) is 192 Å². The van der Waals surface area contributed by atoms with Crippen LogP contribution in [0.3, 0.4) is 0 Å². The van der Waals surface area contributed by atoms with E-state index in [9.17, 15) is 7.85 Å². The van der Waals surface area contributed by atoms with E-state index in [4.69, 9.17) is 20.9 Å². The van der Waals surface area contributed by atoms with Crippen LogP contribution in [0.4, 0.5) is 0 Å². The lowest BCUT2D eigenvalue weighted by Crippen LogP contribution is -2.17. The Hall–Kier alpha value is -7.04. The van der Waals surface area contributed by atoms with Gasteiger partial charge in [0.2, 0.25) is 0 Å². The Balaban J connectivity index is 1.40. The smallest absolute Gasteiger partial charge is 0.149 e. The number of phenols is 1. The second kappa shape index (κ2) is 17.2. The summed E-state index contributed by atoms with van der Waals surface area (Å²) in [5.74, 6) is 0.277. The van der Waals surface area contributed by atoms with Gasteiger partial charge in [-0.3, -0.25) is 9.55 Å². The summed E-state index contributed by atoms with van der Waals surface area (Å²) >= 11 is 0. The number of benzene rings is 7. The predicted molar refractivity (Wildman–Crippen MR) is 288 cm³/mol. The Morgan fingerprint density at radius 3 is 1.68 bits per heavy atom. The average Bonchev–Trinajstić information content (AvgIpc) is 4.02. The number of pyridine rings is 1. The van der Waals surface area contributed by atoms with Crippen molar-refractivity contribution in [2.75, 3.05) is 0 Å². The predicted octanol–water partition coefficient (Wildman–Crippen LogP) is 17.3. The second-order valence-corrected chi connectivity index (χ2v) is 21.9. The number of aromatic hydroxyl groups is 1. The van der Waals surface area contributed by atoms with E-state index in [1.54, 1.807) is 12.1 Å². The van der Waals surface area contributed by atoms with Gasteiger partial charge in [0, 0.05) is 28.5 Å². The summed E-state index contributed by atoms with van der Waals surface area (Å²) in [7, 11) is 0. The van der Waals surface area contributed by atoms with Crippen LogP contribution in [-0.2, 0) is 21.7 Å². The lowest BCUT2D eigenvalue weighted by molar-refractivity contribution is 0.446. The van der Waals surface area contributed by atoms with Gasteiger partial charge in [0.15, 0.2) is 0 Å². The van der Waals surface area contributed by atoms with Crippen molar-refractivity contribution in [1.29, 1.82) is 0 Å². The number of nitrogens with zero attached hydrogens (tertiary/aromatic N) is 3. The van der Waals surface area contributed by atoms with E-state index in [0.717, 1.165) is 44.6 Å². The van der Waals surface area contributed by atoms with E-state index < -0.39 is 71.3 Å². The van der Waals surface area contributed by atoms with Crippen LogP contribution in [0.1, 0.15) is 119 Å². The first-order valence-electron chi connectivity index (χ1n) is 28.2. The van der Waals surface area contributed by atoms with E-state index in [2.05, 4.69) is 111 Å². The fraction of sp³-hybridized carbons (Fsp3) is 0.250. The maximum absolute atomic E-state index is 12.7. The van der Waals surface area contributed by atoms with E-state index in [-0.39, 0.29) is 50.3 Å². The van der Waals surface area contributed by atoms with Gasteiger partial charge in [0.1, 0.15) is 11.6 Å². The number of hydrogen-bond donors (Lipinski definition) is 1. The molecule has 0 radical (unpaired) electrons. The van der Waals surface area contributed by atoms with Gasteiger partial charge in [-0.15, -0.1) is 0 Å². The molecule has 0 atom stereocenters. The van der Waals surface area contributed by atoms with Crippen LogP contribution < -0.4 is 0 Å². The van der Waals surface area contributed by atoms with Gasteiger partial charge in [-0.2, -0.15) is 0 Å². The number of phenolic OH excluding ortho intramolecular Hbond substituents is 1. The Labute approximate surface area is 418 Å². The van der Waals surface area contributed by atoms with Crippen LogP contribution in [0, 0.1) is 0 Å². The van der Waals surface area contributed by atoms with Gasteiger partial charge < -0.3 is 5.11 Å². The van der Waals surface area contributed by atoms with Gasteiger partial charge in [-0.25, -0.2) is 4.98 Å². The molecule has 0 fully saturated rings. The molecule has 0 aliphatic rings. The second-order valence-electron chi connectivity index (χ2n) is 21.9. The molecule has 1 N–H and O–H groups in total. The molecule has 342 valence electrons. The zero-order valence-corrected chi connectivity index (χ0v) is 41.2. The lowest BCUT2D eigenvalue weighted by Gasteiger charge is -2.27. The molecule has 68 heavy (non-hydrogen) atoms. The summed E-state index contributed by atoms with van der Waals surface area (Å²) in [5, 5.41) is 12.7. The molecule has 0 amide bonds. The molecule has 0 unspecified atom stereocenters. The summed E-state index contributed by atoms with van der Waals surface area (Å²) in [6, 6.07) is 28.4. The molecule has 0 bridgehead atoms. The molecule has 0 aliphatic carbocycles. The monoisotopic (exact) mass is 902 g/mol. The molecule has 0 saturated carbocycles. The van der Waals surface area contributed by atoms with Gasteiger partial charge >= 0.3 is 0 Å². The van der Waals surface area contributed by atoms with Crippen molar-refractivity contribution in [2.45, 2.75) is 105 Å². The summed E-state index contributed by atoms with van der Waals surface area (Å²) in [4.78, 5) is 10.5. The van der Waals surface area contributed by atoms with Gasteiger partial charge in [-0.1, -0.05) is 198 Å². The molecule has 0 spiro atoms. The Kier molecular flexibility index (Phi) is 8.91. The maximum Gasteiger partial charge on any atom is 0.149 e. The van der Waals surface area contributed by atoms with Crippen LogP contribution in [0.5, 0.6) is 5.75 Å². The fourth-order valence-electron chi connectivity index (χ4n) is 8.73. The van der Waals surface area contributed by atoms with E-state index >= 15 is 0 Å². The van der Waals surface area contributed by atoms with Crippen LogP contribution in [-0.4, -0.2) is 19.6 Å². The molecule has 9 rings (SSSR count). The fourth-order valence-corrected chi connectivity index (χ4v) is 8.73. The molecule has 0 aliphatic heterocycles. The van der Waals surface area contributed by atoms with Crippen molar-refractivity contribution in [2.24, 2.45) is 0 Å². The van der Waals surface area contributed by atoms with E-state index in [1.807, 2.05) is 67.9 Å². The summed E-state index contributed by atoms with van der Waals surface area (Å²) in [6.07, 6.45) is 1.83. The average molecular weight is 902 g/mol. The third-order valence-electron chi connectivity index (χ3n) is 12.8. The van der Waals surface area contributed by atoms with Crippen molar-refractivity contribution in [3.8, 4) is 78.6 Å². The quantitative estimate of drug-likeness (QED) is 0.173. The Morgan fingerprint density at radius 1 is 0.456 bits per heavy atom. The highest BCUT2D eigenvalue weighted by Crippen LogP contribution is 2.46. The summed E-state index contributed by atoms with van der Waals surface area (Å²) < 4.78 is 90.2. The first-order chi connectivity index (χ1) is 36.3. The largest absolute Gasteiger partial charge is 0.507 e. The number of imidazole rings is 1. The van der Waals surface area contributed by atoms with E-state index in [0.29, 0.717) is 22.2 Å².